The molecule has 0 heterocycles. The van der Waals surface area contributed by atoms with E-state index in [0.29, 0.717) is 22.6 Å². The van der Waals surface area contributed by atoms with Gasteiger partial charge < -0.3 is 9.47 Å². The molecular formula is C22H19FO3. The van der Waals surface area contributed by atoms with E-state index in [4.69, 9.17) is 9.47 Å². The van der Waals surface area contributed by atoms with Crippen molar-refractivity contribution in [2.75, 3.05) is 7.11 Å². The lowest BCUT2D eigenvalue weighted by Crippen LogP contribution is -1.97. The second kappa shape index (κ2) is 7.40. The molecule has 0 N–H and O–H groups in total. The van der Waals surface area contributed by atoms with Crippen LogP contribution in [0.1, 0.15) is 22.8 Å². The van der Waals surface area contributed by atoms with Crippen molar-refractivity contribution < 1.29 is 18.7 Å². The lowest BCUT2D eigenvalue weighted by molar-refractivity contribution is 0.101. The largest absolute Gasteiger partial charge is 0.496 e. The molecule has 3 aromatic rings. The monoisotopic (exact) mass is 350 g/mol. The van der Waals surface area contributed by atoms with E-state index in [2.05, 4.69) is 0 Å². The maximum Gasteiger partial charge on any atom is 0.177 e. The average molecular weight is 350 g/mol. The number of ketones is 1. The van der Waals surface area contributed by atoms with Gasteiger partial charge in [0, 0.05) is 5.56 Å². The van der Waals surface area contributed by atoms with Gasteiger partial charge in [0.25, 0.3) is 0 Å². The normalized spacial score (nSPS) is 10.5. The molecule has 0 saturated carbocycles. The van der Waals surface area contributed by atoms with Crippen molar-refractivity contribution in [3.63, 3.8) is 0 Å². The molecule has 0 amide bonds. The Morgan fingerprint density at radius 2 is 1.65 bits per heavy atom. The van der Waals surface area contributed by atoms with Crippen molar-refractivity contribution in [3.8, 4) is 28.4 Å². The van der Waals surface area contributed by atoms with Gasteiger partial charge in [-0.3, -0.25) is 4.79 Å². The van der Waals surface area contributed by atoms with Crippen LogP contribution in [0, 0.1) is 12.7 Å². The molecule has 3 rings (SSSR count). The van der Waals surface area contributed by atoms with Crippen molar-refractivity contribution in [1.82, 2.24) is 0 Å². The summed E-state index contributed by atoms with van der Waals surface area (Å²) in [6, 6.07) is 17.4. The van der Waals surface area contributed by atoms with Gasteiger partial charge in [0.05, 0.1) is 12.7 Å². The molecule has 0 fully saturated rings. The third kappa shape index (κ3) is 3.59. The van der Waals surface area contributed by atoms with Gasteiger partial charge in [0.15, 0.2) is 17.3 Å². The molecule has 0 aliphatic rings. The fourth-order valence-corrected chi connectivity index (χ4v) is 2.68. The molecule has 0 atom stereocenters. The van der Waals surface area contributed by atoms with Crippen molar-refractivity contribution in [2.45, 2.75) is 13.8 Å². The van der Waals surface area contributed by atoms with Crippen LogP contribution in [0.4, 0.5) is 4.39 Å². The molecule has 0 aliphatic heterocycles. The maximum absolute atomic E-state index is 15.2. The van der Waals surface area contributed by atoms with Crippen molar-refractivity contribution >= 4 is 5.78 Å². The first-order chi connectivity index (χ1) is 12.5. The number of halogens is 1. The summed E-state index contributed by atoms with van der Waals surface area (Å²) < 4.78 is 26.2. The molecule has 3 aromatic carbocycles. The molecule has 0 aromatic heterocycles. The Hall–Kier alpha value is -3.14. The van der Waals surface area contributed by atoms with Gasteiger partial charge in [-0.15, -0.1) is 0 Å². The number of hydrogen-bond acceptors (Lipinski definition) is 3. The van der Waals surface area contributed by atoms with Gasteiger partial charge in [-0.2, -0.15) is 0 Å². The minimum absolute atomic E-state index is 0.0849. The smallest absolute Gasteiger partial charge is 0.177 e. The summed E-state index contributed by atoms with van der Waals surface area (Å²) in [5, 5.41) is 0. The molecule has 26 heavy (non-hydrogen) atoms. The number of hydrogen-bond donors (Lipinski definition) is 0. The van der Waals surface area contributed by atoms with Crippen molar-refractivity contribution in [2.24, 2.45) is 0 Å². The van der Waals surface area contributed by atoms with E-state index in [1.807, 2.05) is 19.1 Å². The van der Waals surface area contributed by atoms with E-state index in [9.17, 15) is 4.79 Å². The fourth-order valence-electron chi connectivity index (χ4n) is 2.68. The molecular weight excluding hydrogens is 331 g/mol. The van der Waals surface area contributed by atoms with E-state index in [1.54, 1.807) is 42.5 Å². The van der Waals surface area contributed by atoms with Crippen LogP contribution in [0.2, 0.25) is 0 Å². The van der Waals surface area contributed by atoms with Gasteiger partial charge in [-0.25, -0.2) is 4.39 Å². The zero-order chi connectivity index (χ0) is 18.7. The number of carbonyl (C=O) groups excluding carboxylic acids is 1. The summed E-state index contributed by atoms with van der Waals surface area (Å²) in [7, 11) is 1.48. The van der Waals surface area contributed by atoms with Crippen LogP contribution in [0.15, 0.2) is 60.7 Å². The number of aryl methyl sites for hydroxylation is 1. The SMILES string of the molecule is COc1ccc(Oc2ccc(C)cc2)c(F)c1-c1cccc(C(C)=O)c1. The lowest BCUT2D eigenvalue weighted by Gasteiger charge is -2.14. The van der Waals surface area contributed by atoms with Gasteiger partial charge in [0.1, 0.15) is 11.5 Å². The summed E-state index contributed by atoms with van der Waals surface area (Å²) in [5.41, 5.74) is 2.42. The third-order valence-corrected chi connectivity index (χ3v) is 4.09. The fraction of sp³-hybridized carbons (Fsp3) is 0.136. The quantitative estimate of drug-likeness (QED) is 0.545. The third-order valence-electron chi connectivity index (χ3n) is 4.09. The van der Waals surface area contributed by atoms with E-state index < -0.39 is 5.82 Å². The Balaban J connectivity index is 2.08. The van der Waals surface area contributed by atoms with Crippen LogP contribution < -0.4 is 9.47 Å². The molecule has 0 radical (unpaired) electrons. The second-order valence-electron chi connectivity index (χ2n) is 6.01. The Bertz CT molecular complexity index is 946. The Morgan fingerprint density at radius 1 is 0.962 bits per heavy atom. The highest BCUT2D eigenvalue weighted by atomic mass is 19.1. The first-order valence-corrected chi connectivity index (χ1v) is 8.22. The molecule has 0 bridgehead atoms. The molecule has 0 aliphatic carbocycles. The lowest BCUT2D eigenvalue weighted by atomic mass is 10.00. The minimum atomic E-state index is -0.536. The predicted octanol–water partition coefficient (Wildman–Crippen LogP) is 5.80. The highest BCUT2D eigenvalue weighted by Crippen LogP contribution is 2.39. The molecule has 0 unspecified atom stereocenters. The first kappa shape index (κ1) is 17.7. The summed E-state index contributed by atoms with van der Waals surface area (Å²) in [6.07, 6.45) is 0. The van der Waals surface area contributed by atoms with Gasteiger partial charge in [-0.05, 0) is 49.7 Å². The Morgan fingerprint density at radius 3 is 2.31 bits per heavy atom. The molecule has 3 nitrogen and oxygen atoms in total. The molecule has 0 saturated heterocycles. The van der Waals surface area contributed by atoms with E-state index in [1.165, 1.54) is 20.1 Å². The first-order valence-electron chi connectivity index (χ1n) is 8.22. The Kier molecular flexibility index (Phi) is 5.03. The van der Waals surface area contributed by atoms with Crippen LogP contribution >= 0.6 is 0 Å². The second-order valence-corrected chi connectivity index (χ2v) is 6.01. The summed E-state index contributed by atoms with van der Waals surface area (Å²) >= 11 is 0. The predicted molar refractivity (Wildman–Crippen MR) is 99.6 cm³/mol. The van der Waals surface area contributed by atoms with Crippen LogP contribution in [0.25, 0.3) is 11.1 Å². The summed E-state index contributed by atoms with van der Waals surface area (Å²) in [4.78, 5) is 11.7. The summed E-state index contributed by atoms with van der Waals surface area (Å²) in [6.45, 7) is 3.45. The zero-order valence-corrected chi connectivity index (χ0v) is 14.9. The zero-order valence-electron chi connectivity index (χ0n) is 14.9. The highest BCUT2D eigenvalue weighted by Gasteiger charge is 2.18. The van der Waals surface area contributed by atoms with Gasteiger partial charge in [0.2, 0.25) is 0 Å². The van der Waals surface area contributed by atoms with Crippen molar-refractivity contribution in [3.05, 3.63) is 77.6 Å². The van der Waals surface area contributed by atoms with Crippen LogP contribution in [0.5, 0.6) is 17.2 Å². The van der Waals surface area contributed by atoms with E-state index in [0.717, 1.165) is 5.56 Å². The number of Topliss-reactive ketones (excluding diaryl/α,β-unsaturated/α-hetero) is 1. The minimum Gasteiger partial charge on any atom is -0.496 e. The standard InChI is InChI=1S/C22H19FO3/c1-14-7-9-18(10-8-14)26-20-12-11-19(25-3)21(22(20)23)17-6-4-5-16(13-17)15(2)24/h4-13H,1-3H3. The Labute approximate surface area is 152 Å². The van der Waals surface area contributed by atoms with E-state index >= 15 is 4.39 Å². The molecule has 132 valence electrons. The number of carbonyl (C=O) groups is 1. The van der Waals surface area contributed by atoms with E-state index in [-0.39, 0.29) is 17.1 Å². The van der Waals surface area contributed by atoms with Crippen LogP contribution in [-0.2, 0) is 0 Å². The maximum atomic E-state index is 15.2. The highest BCUT2D eigenvalue weighted by molar-refractivity contribution is 5.95. The van der Waals surface area contributed by atoms with Gasteiger partial charge in [-0.1, -0.05) is 35.9 Å². The summed E-state index contributed by atoms with van der Waals surface area (Å²) in [5.74, 6) is 0.393. The molecule has 4 heteroatoms. The number of rotatable bonds is 5. The number of benzene rings is 3. The number of methoxy groups -OCH3 is 1. The average Bonchev–Trinajstić information content (AvgIpc) is 2.65. The van der Waals surface area contributed by atoms with Gasteiger partial charge >= 0.3 is 0 Å². The van der Waals surface area contributed by atoms with Crippen LogP contribution in [0.3, 0.4) is 0 Å². The molecule has 0 spiro atoms. The number of ether oxygens (including phenoxy) is 2. The van der Waals surface area contributed by atoms with Crippen molar-refractivity contribution in [1.29, 1.82) is 0 Å². The van der Waals surface area contributed by atoms with Crippen LogP contribution in [-0.4, -0.2) is 12.9 Å². The topological polar surface area (TPSA) is 35.5 Å².